The van der Waals surface area contributed by atoms with Crippen LogP contribution in [0.5, 0.6) is 11.5 Å². The third-order valence-electron chi connectivity index (χ3n) is 11.4. The summed E-state index contributed by atoms with van der Waals surface area (Å²) in [6.07, 6.45) is 7.12. The van der Waals surface area contributed by atoms with Crippen molar-refractivity contribution in [1.82, 2.24) is 33.9 Å². The van der Waals surface area contributed by atoms with E-state index in [1.165, 1.54) is 8.61 Å². The predicted molar refractivity (Wildman–Crippen MR) is 287 cm³/mol. The van der Waals surface area contributed by atoms with Gasteiger partial charge in [0.1, 0.15) is 17.1 Å². The van der Waals surface area contributed by atoms with E-state index in [9.17, 15) is 31.8 Å². The second kappa shape index (κ2) is 25.7. The molecule has 0 saturated carbocycles. The van der Waals surface area contributed by atoms with Crippen LogP contribution in [0.1, 0.15) is 54.5 Å². The number of alkyl carbamates (subject to hydrolysis) is 1. The molecular formula is C51H62Cl2N10O8S2. The van der Waals surface area contributed by atoms with Gasteiger partial charge in [-0.1, -0.05) is 59.6 Å². The molecule has 0 aliphatic rings. The van der Waals surface area contributed by atoms with E-state index >= 15 is 0 Å². The lowest BCUT2D eigenvalue weighted by atomic mass is 9.94. The Morgan fingerprint density at radius 1 is 0.658 bits per heavy atom. The highest BCUT2D eigenvalue weighted by molar-refractivity contribution is 7.88. The molecule has 1 amide bonds. The highest BCUT2D eigenvalue weighted by atomic mass is 35.5. The summed E-state index contributed by atoms with van der Waals surface area (Å²) in [5.41, 5.74) is 11.4. The molecule has 390 valence electrons. The van der Waals surface area contributed by atoms with Gasteiger partial charge in [0.05, 0.1) is 33.9 Å². The molecule has 7 N–H and O–H groups in total. The van der Waals surface area contributed by atoms with E-state index in [1.807, 2.05) is 42.5 Å². The number of phenolic OH excluding ortho intramolecular Hbond substituents is 2. The number of hydrogen-bond acceptors (Lipinski definition) is 15. The zero-order chi connectivity index (χ0) is 52.8. The molecule has 0 aliphatic carbocycles. The van der Waals surface area contributed by atoms with E-state index in [4.69, 9.17) is 38.7 Å². The molecule has 2 aromatic heterocycles. The van der Waals surface area contributed by atoms with Crippen LogP contribution >= 0.6 is 23.2 Å². The van der Waals surface area contributed by atoms with Gasteiger partial charge in [0.2, 0.25) is 31.9 Å². The molecule has 0 atom stereocenters. The summed E-state index contributed by atoms with van der Waals surface area (Å²) in [7, 11) is -7.24. The Kier molecular flexibility index (Phi) is 19.8. The fourth-order valence-corrected chi connectivity index (χ4v) is 9.95. The molecule has 6 rings (SSSR count). The number of halogens is 2. The summed E-state index contributed by atoms with van der Waals surface area (Å²) < 4.78 is 60.3. The Balaban J connectivity index is 1.06. The van der Waals surface area contributed by atoms with Gasteiger partial charge in [0.25, 0.3) is 0 Å². The lowest BCUT2D eigenvalue weighted by Gasteiger charge is -2.26. The molecular weight excluding hydrogens is 1020 g/mol. The molecule has 0 radical (unpaired) electrons. The van der Waals surface area contributed by atoms with Crippen molar-refractivity contribution in [1.29, 1.82) is 0 Å². The summed E-state index contributed by atoms with van der Waals surface area (Å²) in [5.74, 6) is 0.824. The number of sulfonamides is 2. The largest absolute Gasteiger partial charge is 0.506 e. The summed E-state index contributed by atoms with van der Waals surface area (Å²) in [4.78, 5) is 31.4. The van der Waals surface area contributed by atoms with Gasteiger partial charge in [-0.05, 0) is 128 Å². The SMILES string of the molecule is CC(C)(Cc1cc(CN(CCCN)S(C)(=O)=O)cc(-c2ccnc(NCCc3ccc(O)c(Cl)c3)n2)c1)OC(=O)NCCCN(Cc1cccc(-c2ccnc(NCCc3ccc(O)c(Cl)c3)n2)c1)S(C)(=O)=O. The number of anilines is 2. The van der Waals surface area contributed by atoms with Crippen LogP contribution in [0.15, 0.2) is 103 Å². The molecule has 0 spiro atoms. The molecule has 0 aliphatic heterocycles. The number of hydrogen-bond donors (Lipinski definition) is 6. The Bertz CT molecular complexity index is 3080. The smallest absolute Gasteiger partial charge is 0.407 e. The number of aromatic hydroxyl groups is 2. The average Bonchev–Trinajstić information content (AvgIpc) is 3.33. The molecule has 6 aromatic rings. The number of aromatic nitrogens is 4. The molecule has 0 saturated heterocycles. The number of rotatable bonds is 26. The summed E-state index contributed by atoms with van der Waals surface area (Å²) in [6.45, 7) is 5.52. The predicted octanol–water partition coefficient (Wildman–Crippen LogP) is 7.64. The lowest BCUT2D eigenvalue weighted by Crippen LogP contribution is -2.38. The maximum atomic E-state index is 13.3. The van der Waals surface area contributed by atoms with Crippen molar-refractivity contribution < 1.29 is 36.6 Å². The lowest BCUT2D eigenvalue weighted by molar-refractivity contribution is 0.0393. The minimum absolute atomic E-state index is 0.00738. The quantitative estimate of drug-likeness (QED) is 0.0286. The number of amides is 1. The van der Waals surface area contributed by atoms with Crippen molar-refractivity contribution in [3.8, 4) is 34.0 Å². The molecule has 0 bridgehead atoms. The number of nitrogens with zero attached hydrogens (tertiary/aromatic N) is 6. The number of benzene rings is 4. The highest BCUT2D eigenvalue weighted by Gasteiger charge is 2.26. The highest BCUT2D eigenvalue weighted by Crippen LogP contribution is 2.29. The van der Waals surface area contributed by atoms with E-state index in [-0.39, 0.29) is 60.7 Å². The maximum absolute atomic E-state index is 13.3. The van der Waals surface area contributed by atoms with E-state index in [1.54, 1.807) is 74.8 Å². The van der Waals surface area contributed by atoms with Crippen LogP contribution in [0.3, 0.4) is 0 Å². The summed E-state index contributed by atoms with van der Waals surface area (Å²) >= 11 is 12.1. The number of nitrogens with one attached hydrogen (secondary N) is 3. The summed E-state index contributed by atoms with van der Waals surface area (Å²) in [6, 6.07) is 26.7. The van der Waals surface area contributed by atoms with Crippen LogP contribution in [-0.4, -0.2) is 119 Å². The number of carbonyl (C=O) groups is 1. The van der Waals surface area contributed by atoms with Crippen LogP contribution in [0.25, 0.3) is 22.5 Å². The Morgan fingerprint density at radius 2 is 1.18 bits per heavy atom. The zero-order valence-electron chi connectivity index (χ0n) is 41.2. The third-order valence-corrected chi connectivity index (χ3v) is 14.5. The van der Waals surface area contributed by atoms with Crippen LogP contribution < -0.4 is 21.7 Å². The first-order valence-corrected chi connectivity index (χ1v) is 28.0. The van der Waals surface area contributed by atoms with Gasteiger partial charge in [-0.15, -0.1) is 0 Å². The fraction of sp³-hybridized carbons (Fsp3) is 0.353. The normalized spacial score (nSPS) is 12.0. The number of carbonyl (C=O) groups excluding carboxylic acids is 1. The number of ether oxygens (including phenoxy) is 1. The molecule has 0 fully saturated rings. The van der Waals surface area contributed by atoms with Crippen LogP contribution in [0, 0.1) is 0 Å². The minimum Gasteiger partial charge on any atom is -0.506 e. The minimum atomic E-state index is -3.65. The van der Waals surface area contributed by atoms with Crippen molar-refractivity contribution in [2.45, 2.75) is 64.6 Å². The summed E-state index contributed by atoms with van der Waals surface area (Å²) in [5, 5.41) is 29.2. The average molecular weight is 1080 g/mol. The maximum Gasteiger partial charge on any atom is 0.407 e. The first-order chi connectivity index (χ1) is 34.6. The van der Waals surface area contributed by atoms with E-state index in [0.29, 0.717) is 79.7 Å². The van der Waals surface area contributed by atoms with Gasteiger partial charge >= 0.3 is 6.09 Å². The van der Waals surface area contributed by atoms with Crippen LogP contribution in [-0.2, 0) is 57.1 Å². The molecule has 2 heterocycles. The van der Waals surface area contributed by atoms with Crippen molar-refractivity contribution in [2.75, 3.05) is 62.4 Å². The van der Waals surface area contributed by atoms with Crippen LogP contribution in [0.2, 0.25) is 10.0 Å². The molecule has 4 aromatic carbocycles. The van der Waals surface area contributed by atoms with Crippen LogP contribution in [0.4, 0.5) is 16.7 Å². The van der Waals surface area contributed by atoms with E-state index in [0.717, 1.165) is 40.3 Å². The van der Waals surface area contributed by atoms with Gasteiger partial charge in [-0.2, -0.15) is 8.61 Å². The second-order valence-electron chi connectivity index (χ2n) is 18.1. The monoisotopic (exact) mass is 1080 g/mol. The Hall–Kier alpha value is -6.13. The standard InChI is InChI=1S/C51H62Cl2N10O8S2/c1-51(2,32-38-26-39(34-62(24-6-18-54)72(3,67)68)29-41(28-38)45-17-23-58-49(61-45)56-21-15-36-11-13-47(65)43(53)31-36)71-50(66)59-19-7-25-63(73(4,69)70)33-37-8-5-9-40(27-37)44-16-22-57-48(60-44)55-20-14-35-10-12-46(64)42(52)30-35/h5,8-13,16-17,22-23,26-31,64-65H,6-7,14-15,18-21,24-25,32-34,54H2,1-4H3,(H,59,66)(H,55,57,60)(H,56,58,61). The first kappa shape index (κ1) is 56.2. The van der Waals surface area contributed by atoms with Crippen molar-refractivity contribution >= 4 is 61.2 Å². The Morgan fingerprint density at radius 3 is 1.73 bits per heavy atom. The first-order valence-electron chi connectivity index (χ1n) is 23.5. The van der Waals surface area contributed by atoms with Gasteiger partial charge in [0, 0.05) is 75.8 Å². The number of phenols is 2. The molecule has 22 heteroatoms. The fourth-order valence-electron chi connectivity index (χ4n) is 7.85. The molecule has 73 heavy (non-hydrogen) atoms. The number of nitrogens with two attached hydrogens (primary N) is 1. The second-order valence-corrected chi connectivity index (χ2v) is 22.9. The zero-order valence-corrected chi connectivity index (χ0v) is 44.3. The Labute approximate surface area is 437 Å². The van der Waals surface area contributed by atoms with Crippen molar-refractivity contribution in [2.24, 2.45) is 5.73 Å². The van der Waals surface area contributed by atoms with Gasteiger partial charge in [0.15, 0.2) is 0 Å². The third kappa shape index (κ3) is 17.8. The van der Waals surface area contributed by atoms with Crippen molar-refractivity contribution in [3.05, 3.63) is 141 Å². The molecule has 18 nitrogen and oxygen atoms in total. The topological polar surface area (TPSA) is 255 Å². The van der Waals surface area contributed by atoms with E-state index < -0.39 is 31.7 Å². The van der Waals surface area contributed by atoms with Gasteiger partial charge in [-0.25, -0.2) is 41.6 Å². The molecule has 0 unspecified atom stereocenters. The van der Waals surface area contributed by atoms with Gasteiger partial charge in [-0.3, -0.25) is 0 Å². The van der Waals surface area contributed by atoms with Gasteiger partial charge < -0.3 is 36.6 Å². The van der Waals surface area contributed by atoms with E-state index in [2.05, 4.69) is 30.9 Å². The van der Waals surface area contributed by atoms with Crippen molar-refractivity contribution in [3.63, 3.8) is 0 Å².